The molecule has 0 aliphatic carbocycles. The third kappa shape index (κ3) is 5.28. The van der Waals surface area contributed by atoms with E-state index in [2.05, 4.69) is 15.5 Å². The van der Waals surface area contributed by atoms with Crippen molar-refractivity contribution in [2.75, 3.05) is 11.1 Å². The zero-order valence-electron chi connectivity index (χ0n) is 16.2. The van der Waals surface area contributed by atoms with Crippen molar-refractivity contribution in [2.24, 2.45) is 7.05 Å². The second-order valence-corrected chi connectivity index (χ2v) is 7.62. The maximum absolute atomic E-state index is 12.2. The molecule has 3 rings (SSSR count). The number of hydrogen-bond acceptors (Lipinski definition) is 7. The summed E-state index contributed by atoms with van der Waals surface area (Å²) in [5.74, 6) is 0.879. The van der Waals surface area contributed by atoms with E-state index in [-0.39, 0.29) is 24.0 Å². The molecule has 0 unspecified atom stereocenters. The molecule has 0 bridgehead atoms. The van der Waals surface area contributed by atoms with Gasteiger partial charge in [0.1, 0.15) is 12.4 Å². The molecule has 1 N–H and O–H groups in total. The van der Waals surface area contributed by atoms with Gasteiger partial charge in [0, 0.05) is 24.4 Å². The Morgan fingerprint density at radius 2 is 2.07 bits per heavy atom. The molecule has 2 aromatic carbocycles. The number of nitro benzene ring substituents is 1. The number of halogens is 1. The van der Waals surface area contributed by atoms with E-state index in [4.69, 9.17) is 16.3 Å². The molecular weight excluding hydrogens is 430 g/mol. The predicted molar refractivity (Wildman–Crippen MR) is 114 cm³/mol. The van der Waals surface area contributed by atoms with Crippen LogP contribution in [0.2, 0.25) is 5.02 Å². The summed E-state index contributed by atoms with van der Waals surface area (Å²) in [6.45, 7) is 1.81. The fourth-order valence-corrected chi connectivity index (χ4v) is 3.43. The van der Waals surface area contributed by atoms with Gasteiger partial charge in [-0.2, -0.15) is 0 Å². The molecule has 1 heterocycles. The first kappa shape index (κ1) is 21.6. The Morgan fingerprint density at radius 1 is 1.30 bits per heavy atom. The molecule has 9 nitrogen and oxygen atoms in total. The minimum Gasteiger partial charge on any atom is -0.484 e. The van der Waals surface area contributed by atoms with Gasteiger partial charge >= 0.3 is 0 Å². The van der Waals surface area contributed by atoms with E-state index in [1.807, 2.05) is 12.1 Å². The Balaban J connectivity index is 1.56. The topological polar surface area (TPSA) is 112 Å². The smallest absolute Gasteiger partial charge is 0.274 e. The monoisotopic (exact) mass is 447 g/mol. The van der Waals surface area contributed by atoms with Crippen molar-refractivity contribution in [3.8, 4) is 5.75 Å². The molecule has 0 saturated carbocycles. The number of amides is 1. The summed E-state index contributed by atoms with van der Waals surface area (Å²) in [6, 6.07) is 11.7. The van der Waals surface area contributed by atoms with Crippen molar-refractivity contribution >= 4 is 40.6 Å². The molecule has 11 heteroatoms. The third-order valence-electron chi connectivity index (χ3n) is 4.14. The van der Waals surface area contributed by atoms with Gasteiger partial charge in [0.25, 0.3) is 5.69 Å². The molecule has 0 aliphatic rings. The van der Waals surface area contributed by atoms with Gasteiger partial charge in [-0.15, -0.1) is 10.2 Å². The third-order valence-corrected chi connectivity index (χ3v) is 5.47. The molecule has 0 radical (unpaired) electrons. The van der Waals surface area contributed by atoms with Crippen molar-refractivity contribution < 1.29 is 14.5 Å². The van der Waals surface area contributed by atoms with E-state index >= 15 is 0 Å². The van der Waals surface area contributed by atoms with Gasteiger partial charge in [-0.1, -0.05) is 41.6 Å². The fraction of sp³-hybridized carbons (Fsp3) is 0.211. The van der Waals surface area contributed by atoms with Gasteiger partial charge in [0.05, 0.1) is 15.7 Å². The van der Waals surface area contributed by atoms with E-state index in [0.717, 1.165) is 0 Å². The van der Waals surface area contributed by atoms with Gasteiger partial charge < -0.3 is 14.6 Å². The number of nitrogens with zero attached hydrogens (tertiary/aromatic N) is 4. The van der Waals surface area contributed by atoms with Crippen LogP contribution in [0.15, 0.2) is 47.6 Å². The summed E-state index contributed by atoms with van der Waals surface area (Å²) in [7, 11) is 1.77. The standard InChI is InChI=1S/C19H18ClN5O4S/c1-12-7-8-13(9-15(12)25(27)28)21-18(26)11-30-19-23-22-17(24(19)2)10-29-16-6-4-3-5-14(16)20/h3-9H,10-11H2,1-2H3,(H,21,26). The fourth-order valence-electron chi connectivity index (χ4n) is 2.51. The van der Waals surface area contributed by atoms with Crippen LogP contribution in [0.5, 0.6) is 5.75 Å². The molecule has 0 atom stereocenters. The van der Waals surface area contributed by atoms with Crippen LogP contribution < -0.4 is 10.1 Å². The minimum absolute atomic E-state index is 0.0445. The number of aromatic nitrogens is 3. The molecule has 0 fully saturated rings. The summed E-state index contributed by atoms with van der Waals surface area (Å²) in [6.07, 6.45) is 0. The van der Waals surface area contributed by atoms with Crippen LogP contribution in [0.3, 0.4) is 0 Å². The summed E-state index contributed by atoms with van der Waals surface area (Å²) < 4.78 is 7.39. The normalized spacial score (nSPS) is 10.6. The first-order chi connectivity index (χ1) is 14.3. The number of hydrogen-bond donors (Lipinski definition) is 1. The van der Waals surface area contributed by atoms with Crippen LogP contribution in [0.25, 0.3) is 0 Å². The number of rotatable bonds is 8. The van der Waals surface area contributed by atoms with E-state index in [1.54, 1.807) is 42.8 Å². The Morgan fingerprint density at radius 3 is 2.80 bits per heavy atom. The number of anilines is 1. The van der Waals surface area contributed by atoms with Crippen molar-refractivity contribution in [3.05, 3.63) is 69.0 Å². The minimum atomic E-state index is -0.481. The summed E-state index contributed by atoms with van der Waals surface area (Å²) in [5, 5.41) is 22.9. The van der Waals surface area contributed by atoms with Crippen molar-refractivity contribution in [1.82, 2.24) is 14.8 Å². The lowest BCUT2D eigenvalue weighted by Crippen LogP contribution is -2.15. The maximum Gasteiger partial charge on any atom is 0.274 e. The molecule has 3 aromatic rings. The molecule has 30 heavy (non-hydrogen) atoms. The molecule has 0 saturated heterocycles. The molecule has 156 valence electrons. The molecule has 1 amide bonds. The van der Waals surface area contributed by atoms with Gasteiger partial charge in [-0.05, 0) is 25.1 Å². The van der Waals surface area contributed by atoms with Crippen molar-refractivity contribution in [1.29, 1.82) is 0 Å². The number of carbonyl (C=O) groups is 1. The average Bonchev–Trinajstić information content (AvgIpc) is 3.06. The largest absolute Gasteiger partial charge is 0.484 e. The van der Waals surface area contributed by atoms with Gasteiger partial charge in [-0.25, -0.2) is 0 Å². The predicted octanol–water partition coefficient (Wildman–Crippen LogP) is 3.99. The zero-order valence-corrected chi connectivity index (χ0v) is 17.7. The average molecular weight is 448 g/mol. The van der Waals surface area contributed by atoms with E-state index in [9.17, 15) is 14.9 Å². The van der Waals surface area contributed by atoms with Crippen molar-refractivity contribution in [3.63, 3.8) is 0 Å². The number of carbonyl (C=O) groups excluding carboxylic acids is 1. The lowest BCUT2D eigenvalue weighted by atomic mass is 10.2. The summed E-state index contributed by atoms with van der Waals surface area (Å²) >= 11 is 7.26. The highest BCUT2D eigenvalue weighted by Gasteiger charge is 2.15. The van der Waals surface area contributed by atoms with Crippen LogP contribution in [0.4, 0.5) is 11.4 Å². The number of thioether (sulfide) groups is 1. The SMILES string of the molecule is Cc1ccc(NC(=O)CSc2nnc(COc3ccccc3Cl)n2C)cc1[N+](=O)[O-]. The second kappa shape index (κ2) is 9.59. The van der Waals surface area contributed by atoms with Crippen LogP contribution in [-0.4, -0.2) is 31.3 Å². The van der Waals surface area contributed by atoms with Crippen LogP contribution >= 0.6 is 23.4 Å². The second-order valence-electron chi connectivity index (χ2n) is 6.27. The zero-order chi connectivity index (χ0) is 21.7. The van der Waals surface area contributed by atoms with Gasteiger partial charge in [-0.3, -0.25) is 14.9 Å². The summed E-state index contributed by atoms with van der Waals surface area (Å²) in [4.78, 5) is 22.8. The highest BCUT2D eigenvalue weighted by molar-refractivity contribution is 7.99. The number of para-hydroxylation sites is 1. The van der Waals surface area contributed by atoms with Crippen molar-refractivity contribution in [2.45, 2.75) is 18.7 Å². The van der Waals surface area contributed by atoms with E-state index in [0.29, 0.717) is 33.0 Å². The number of nitrogens with one attached hydrogen (secondary N) is 1. The Hall–Kier alpha value is -3.11. The highest BCUT2D eigenvalue weighted by Crippen LogP contribution is 2.25. The Labute approximate surface area is 181 Å². The number of ether oxygens (including phenoxy) is 1. The lowest BCUT2D eigenvalue weighted by molar-refractivity contribution is -0.385. The number of aryl methyl sites for hydroxylation is 1. The Kier molecular flexibility index (Phi) is 6.91. The molecule has 1 aromatic heterocycles. The van der Waals surface area contributed by atoms with Crippen LogP contribution in [0, 0.1) is 17.0 Å². The molecule has 0 spiro atoms. The first-order valence-electron chi connectivity index (χ1n) is 8.78. The molecule has 0 aliphatic heterocycles. The highest BCUT2D eigenvalue weighted by atomic mass is 35.5. The van der Waals surface area contributed by atoms with Gasteiger partial charge in [0.2, 0.25) is 5.91 Å². The van der Waals surface area contributed by atoms with Crippen LogP contribution in [-0.2, 0) is 18.4 Å². The van der Waals surface area contributed by atoms with Crippen LogP contribution in [0.1, 0.15) is 11.4 Å². The summed E-state index contributed by atoms with van der Waals surface area (Å²) in [5.41, 5.74) is 0.847. The Bertz CT molecular complexity index is 1090. The van der Waals surface area contributed by atoms with Gasteiger partial charge in [0.15, 0.2) is 11.0 Å². The lowest BCUT2D eigenvalue weighted by Gasteiger charge is -2.08. The van der Waals surface area contributed by atoms with E-state index in [1.165, 1.54) is 17.8 Å². The molecular formula is C19H18ClN5O4S. The number of nitro groups is 1. The quantitative estimate of drug-likeness (QED) is 0.315. The number of benzene rings is 2. The van der Waals surface area contributed by atoms with E-state index < -0.39 is 4.92 Å². The first-order valence-corrected chi connectivity index (χ1v) is 10.1. The maximum atomic E-state index is 12.2.